The summed E-state index contributed by atoms with van der Waals surface area (Å²) < 4.78 is 0. The number of nitrogens with one attached hydrogen (secondary N) is 1. The second kappa shape index (κ2) is 7.31. The van der Waals surface area contributed by atoms with E-state index in [-0.39, 0.29) is 11.9 Å². The van der Waals surface area contributed by atoms with Gasteiger partial charge in [-0.15, -0.1) is 0 Å². The zero-order valence-corrected chi connectivity index (χ0v) is 14.2. The van der Waals surface area contributed by atoms with E-state index < -0.39 is 0 Å². The fourth-order valence-electron chi connectivity index (χ4n) is 3.23. The minimum Gasteiger partial charge on any atom is -0.330 e. The average Bonchev–Trinajstić information content (AvgIpc) is 3.19. The molecule has 1 unspecified atom stereocenters. The maximum Gasteiger partial charge on any atom is 0.254 e. The topological polar surface area (TPSA) is 71.0 Å². The Bertz CT molecular complexity index is 885. The second-order valence-corrected chi connectivity index (χ2v) is 6.17. The number of benzene rings is 1. The van der Waals surface area contributed by atoms with Crippen LogP contribution in [0.2, 0.25) is 0 Å². The molecular formula is C20H19N5O. The van der Waals surface area contributed by atoms with Crippen molar-refractivity contribution in [1.29, 1.82) is 0 Å². The highest BCUT2D eigenvalue weighted by Gasteiger charge is 2.31. The number of pyridine rings is 1. The summed E-state index contributed by atoms with van der Waals surface area (Å²) >= 11 is 0. The predicted octanol–water partition coefficient (Wildman–Crippen LogP) is 3.59. The van der Waals surface area contributed by atoms with E-state index in [4.69, 9.17) is 0 Å². The van der Waals surface area contributed by atoms with E-state index in [2.05, 4.69) is 20.3 Å². The average molecular weight is 345 g/mol. The minimum atomic E-state index is -0.0324. The Hall–Kier alpha value is -3.28. The lowest BCUT2D eigenvalue weighted by Crippen LogP contribution is -2.31. The van der Waals surface area contributed by atoms with Crippen LogP contribution >= 0.6 is 0 Å². The number of aromatic nitrogens is 3. The molecule has 0 aliphatic carbocycles. The third kappa shape index (κ3) is 3.39. The molecule has 1 aromatic carbocycles. The number of likely N-dealkylation sites (tertiary alicyclic amines) is 1. The first-order valence-electron chi connectivity index (χ1n) is 8.68. The molecule has 1 aliphatic heterocycles. The van der Waals surface area contributed by atoms with Gasteiger partial charge < -0.3 is 10.2 Å². The summed E-state index contributed by atoms with van der Waals surface area (Å²) in [7, 11) is 0. The highest BCUT2D eigenvalue weighted by molar-refractivity contribution is 5.94. The van der Waals surface area contributed by atoms with Crippen LogP contribution in [0.3, 0.4) is 0 Å². The SMILES string of the molecule is O=C(c1ccccc1)N1CCCC1c1ccnc(Nc2ccccn2)n1. The molecule has 1 N–H and O–H groups in total. The third-order valence-corrected chi connectivity index (χ3v) is 4.46. The van der Waals surface area contributed by atoms with Gasteiger partial charge in [0, 0.05) is 24.5 Å². The van der Waals surface area contributed by atoms with Crippen LogP contribution < -0.4 is 5.32 Å². The molecule has 3 heterocycles. The largest absolute Gasteiger partial charge is 0.330 e. The normalized spacial score (nSPS) is 16.5. The van der Waals surface area contributed by atoms with Gasteiger partial charge in [-0.3, -0.25) is 4.79 Å². The molecule has 26 heavy (non-hydrogen) atoms. The standard InChI is InChI=1S/C20H19N5O/c26-19(15-7-2-1-3-8-15)25-14-6-9-17(25)16-11-13-22-20(23-16)24-18-10-4-5-12-21-18/h1-5,7-8,10-13,17H,6,9,14H2,(H,21,22,23,24). The van der Waals surface area contributed by atoms with Crippen molar-refractivity contribution in [1.82, 2.24) is 19.9 Å². The van der Waals surface area contributed by atoms with Crippen molar-refractivity contribution in [2.45, 2.75) is 18.9 Å². The highest BCUT2D eigenvalue weighted by Crippen LogP contribution is 2.32. The molecule has 6 nitrogen and oxygen atoms in total. The molecule has 1 aliphatic rings. The molecule has 1 fully saturated rings. The minimum absolute atomic E-state index is 0.0324. The summed E-state index contributed by atoms with van der Waals surface area (Å²) in [6.45, 7) is 0.741. The number of anilines is 2. The summed E-state index contributed by atoms with van der Waals surface area (Å²) in [5.74, 6) is 1.22. The molecule has 3 aromatic rings. The fraction of sp³-hybridized carbons (Fsp3) is 0.200. The zero-order valence-electron chi connectivity index (χ0n) is 14.2. The first-order chi connectivity index (χ1) is 12.8. The van der Waals surface area contributed by atoms with Crippen molar-refractivity contribution in [2.24, 2.45) is 0 Å². The lowest BCUT2D eigenvalue weighted by Gasteiger charge is -2.24. The third-order valence-electron chi connectivity index (χ3n) is 4.46. The number of carbonyl (C=O) groups excluding carboxylic acids is 1. The first kappa shape index (κ1) is 16.2. The van der Waals surface area contributed by atoms with Crippen LogP contribution in [-0.4, -0.2) is 32.3 Å². The molecule has 4 rings (SSSR count). The Morgan fingerprint density at radius 2 is 1.85 bits per heavy atom. The van der Waals surface area contributed by atoms with E-state index in [0.717, 1.165) is 25.1 Å². The number of amides is 1. The fourth-order valence-corrected chi connectivity index (χ4v) is 3.23. The molecule has 6 heteroatoms. The van der Waals surface area contributed by atoms with Gasteiger partial charge in [0.05, 0.1) is 11.7 Å². The Balaban J connectivity index is 1.56. The summed E-state index contributed by atoms with van der Waals surface area (Å²) in [5, 5.41) is 3.11. The Morgan fingerprint density at radius 1 is 1.00 bits per heavy atom. The zero-order chi connectivity index (χ0) is 17.8. The molecule has 0 spiro atoms. The monoisotopic (exact) mass is 345 g/mol. The summed E-state index contributed by atoms with van der Waals surface area (Å²) in [4.78, 5) is 27.9. The van der Waals surface area contributed by atoms with Crippen LogP contribution in [0, 0.1) is 0 Å². The van der Waals surface area contributed by atoms with Crippen LogP contribution in [0.15, 0.2) is 67.0 Å². The number of nitrogens with zero attached hydrogens (tertiary/aromatic N) is 4. The second-order valence-electron chi connectivity index (χ2n) is 6.17. The van der Waals surface area contributed by atoms with Crippen LogP contribution in [-0.2, 0) is 0 Å². The Kier molecular flexibility index (Phi) is 4.55. The maximum absolute atomic E-state index is 12.9. The number of hydrogen-bond acceptors (Lipinski definition) is 5. The van der Waals surface area contributed by atoms with Crippen molar-refractivity contribution < 1.29 is 4.79 Å². The van der Waals surface area contributed by atoms with Crippen LogP contribution in [0.25, 0.3) is 0 Å². The van der Waals surface area contributed by atoms with Gasteiger partial charge >= 0.3 is 0 Å². The molecule has 0 radical (unpaired) electrons. The van der Waals surface area contributed by atoms with E-state index in [1.54, 1.807) is 12.4 Å². The molecular weight excluding hydrogens is 326 g/mol. The number of hydrogen-bond donors (Lipinski definition) is 1. The van der Waals surface area contributed by atoms with Crippen LogP contribution in [0.5, 0.6) is 0 Å². The summed E-state index contributed by atoms with van der Waals surface area (Å²) in [6.07, 6.45) is 5.30. The molecule has 2 aromatic heterocycles. The van der Waals surface area contributed by atoms with E-state index in [9.17, 15) is 4.79 Å². The first-order valence-corrected chi connectivity index (χ1v) is 8.68. The van der Waals surface area contributed by atoms with Gasteiger partial charge in [-0.25, -0.2) is 15.0 Å². The van der Waals surface area contributed by atoms with Crippen molar-refractivity contribution in [3.8, 4) is 0 Å². The number of rotatable bonds is 4. The van der Waals surface area contributed by atoms with E-state index in [1.165, 1.54) is 0 Å². The smallest absolute Gasteiger partial charge is 0.254 e. The molecule has 0 bridgehead atoms. The number of carbonyl (C=O) groups is 1. The van der Waals surface area contributed by atoms with E-state index in [1.807, 2.05) is 59.5 Å². The quantitative estimate of drug-likeness (QED) is 0.782. The predicted molar refractivity (Wildman–Crippen MR) is 99.0 cm³/mol. The molecule has 1 saturated heterocycles. The Labute approximate surface area is 151 Å². The summed E-state index contributed by atoms with van der Waals surface area (Å²) in [5.41, 5.74) is 1.56. The van der Waals surface area contributed by atoms with Crippen molar-refractivity contribution >= 4 is 17.7 Å². The lowest BCUT2D eigenvalue weighted by atomic mass is 10.1. The van der Waals surface area contributed by atoms with Gasteiger partial charge in [-0.2, -0.15) is 0 Å². The lowest BCUT2D eigenvalue weighted by molar-refractivity contribution is 0.0733. The molecule has 1 atom stereocenters. The van der Waals surface area contributed by atoms with Gasteiger partial charge in [0.2, 0.25) is 5.95 Å². The van der Waals surface area contributed by atoms with Crippen molar-refractivity contribution in [3.63, 3.8) is 0 Å². The summed E-state index contributed by atoms with van der Waals surface area (Å²) in [6, 6.07) is 16.9. The molecule has 1 amide bonds. The van der Waals surface area contributed by atoms with Crippen molar-refractivity contribution in [2.75, 3.05) is 11.9 Å². The van der Waals surface area contributed by atoms with Gasteiger partial charge in [0.25, 0.3) is 5.91 Å². The maximum atomic E-state index is 12.9. The highest BCUT2D eigenvalue weighted by atomic mass is 16.2. The van der Waals surface area contributed by atoms with Crippen LogP contribution in [0.1, 0.15) is 34.9 Å². The van der Waals surface area contributed by atoms with E-state index >= 15 is 0 Å². The van der Waals surface area contributed by atoms with Gasteiger partial charge in [0.15, 0.2) is 0 Å². The Morgan fingerprint density at radius 3 is 2.65 bits per heavy atom. The van der Waals surface area contributed by atoms with E-state index in [0.29, 0.717) is 17.3 Å². The van der Waals surface area contributed by atoms with Crippen LogP contribution in [0.4, 0.5) is 11.8 Å². The van der Waals surface area contributed by atoms with Gasteiger partial charge in [-0.1, -0.05) is 24.3 Å². The van der Waals surface area contributed by atoms with Crippen molar-refractivity contribution in [3.05, 3.63) is 78.2 Å². The molecule has 130 valence electrons. The van der Waals surface area contributed by atoms with Gasteiger partial charge in [0.1, 0.15) is 5.82 Å². The van der Waals surface area contributed by atoms with Gasteiger partial charge in [-0.05, 0) is 43.2 Å². The molecule has 0 saturated carbocycles.